The number of hydrogen-bond acceptors (Lipinski definition) is 1. The van der Waals surface area contributed by atoms with E-state index in [-0.39, 0.29) is 0 Å². The molecule has 1 heterocycles. The molecule has 0 radical (unpaired) electrons. The van der Waals surface area contributed by atoms with Gasteiger partial charge in [0, 0.05) is 18.6 Å². The van der Waals surface area contributed by atoms with E-state index >= 15 is 0 Å². The molecular formula is C15H25N. The summed E-state index contributed by atoms with van der Waals surface area (Å²) in [6, 6.07) is 1.83. The van der Waals surface area contributed by atoms with Gasteiger partial charge in [-0.15, -0.1) is 6.58 Å². The van der Waals surface area contributed by atoms with Gasteiger partial charge in [-0.25, -0.2) is 0 Å². The Hall–Kier alpha value is -0.300. The summed E-state index contributed by atoms with van der Waals surface area (Å²) in [5.74, 6) is 2.08. The first kappa shape index (κ1) is 10.8. The maximum Gasteiger partial charge on any atom is 0.0166 e. The van der Waals surface area contributed by atoms with Crippen LogP contribution in [0.3, 0.4) is 0 Å². The number of hydrogen-bond donors (Lipinski definition) is 0. The molecule has 0 bridgehead atoms. The lowest BCUT2D eigenvalue weighted by molar-refractivity contribution is 0.156. The second-order valence-electron chi connectivity index (χ2n) is 6.02. The molecule has 0 aromatic heterocycles. The van der Waals surface area contributed by atoms with Crippen LogP contribution in [-0.4, -0.2) is 23.5 Å². The molecule has 3 rings (SSSR count). The topological polar surface area (TPSA) is 3.24 Å². The summed E-state index contributed by atoms with van der Waals surface area (Å²) in [6.07, 6.45) is 14.0. The molecule has 0 amide bonds. The highest BCUT2D eigenvalue weighted by Crippen LogP contribution is 2.48. The second-order valence-corrected chi connectivity index (χ2v) is 6.02. The van der Waals surface area contributed by atoms with E-state index in [1.165, 1.54) is 51.4 Å². The third kappa shape index (κ3) is 1.64. The summed E-state index contributed by atoms with van der Waals surface area (Å²) in [7, 11) is 0. The average molecular weight is 219 g/mol. The van der Waals surface area contributed by atoms with Crippen molar-refractivity contribution in [2.24, 2.45) is 11.8 Å². The molecule has 0 aromatic carbocycles. The molecule has 0 spiro atoms. The standard InChI is InChI=1S/C15H25N/c1-2-11-16-14-9-5-3-7-12(14)13-8-4-6-10-15(13)16/h2,12-15H,1,3-11H2. The number of rotatable bonds is 2. The molecule has 1 aliphatic heterocycles. The Balaban J connectivity index is 1.82. The highest BCUT2D eigenvalue weighted by atomic mass is 15.2. The Bertz CT molecular complexity index is 238. The van der Waals surface area contributed by atoms with Gasteiger partial charge in [0.1, 0.15) is 0 Å². The predicted molar refractivity (Wildman–Crippen MR) is 68.4 cm³/mol. The summed E-state index contributed by atoms with van der Waals surface area (Å²) >= 11 is 0. The van der Waals surface area contributed by atoms with Crippen molar-refractivity contribution in [1.82, 2.24) is 4.90 Å². The van der Waals surface area contributed by atoms with Crippen LogP contribution in [0.25, 0.3) is 0 Å². The van der Waals surface area contributed by atoms with Gasteiger partial charge < -0.3 is 0 Å². The molecule has 1 saturated heterocycles. The average Bonchev–Trinajstić information content (AvgIpc) is 2.66. The van der Waals surface area contributed by atoms with Crippen LogP contribution in [0.1, 0.15) is 51.4 Å². The van der Waals surface area contributed by atoms with Crippen molar-refractivity contribution in [1.29, 1.82) is 0 Å². The van der Waals surface area contributed by atoms with Gasteiger partial charge in [-0.1, -0.05) is 31.8 Å². The Morgan fingerprint density at radius 3 is 1.88 bits per heavy atom. The van der Waals surface area contributed by atoms with Crippen LogP contribution in [0.2, 0.25) is 0 Å². The van der Waals surface area contributed by atoms with Gasteiger partial charge in [0.2, 0.25) is 0 Å². The Morgan fingerprint density at radius 2 is 1.38 bits per heavy atom. The first-order chi connectivity index (χ1) is 7.92. The van der Waals surface area contributed by atoms with E-state index in [1.807, 2.05) is 0 Å². The van der Waals surface area contributed by atoms with Crippen LogP contribution in [0.4, 0.5) is 0 Å². The molecule has 1 heteroatoms. The summed E-state index contributed by atoms with van der Waals surface area (Å²) in [5, 5.41) is 0. The van der Waals surface area contributed by atoms with Crippen molar-refractivity contribution < 1.29 is 0 Å². The molecule has 2 saturated carbocycles. The first-order valence-corrected chi connectivity index (χ1v) is 7.28. The van der Waals surface area contributed by atoms with Crippen LogP contribution in [-0.2, 0) is 0 Å². The number of fused-ring (bicyclic) bond motifs is 3. The summed E-state index contributed by atoms with van der Waals surface area (Å²) < 4.78 is 0. The smallest absolute Gasteiger partial charge is 0.0166 e. The van der Waals surface area contributed by atoms with Crippen molar-refractivity contribution in [3.05, 3.63) is 12.7 Å². The molecule has 4 unspecified atom stereocenters. The van der Waals surface area contributed by atoms with Crippen LogP contribution >= 0.6 is 0 Å². The Labute approximate surface area is 99.9 Å². The van der Waals surface area contributed by atoms with Gasteiger partial charge in [-0.2, -0.15) is 0 Å². The van der Waals surface area contributed by atoms with E-state index in [1.54, 1.807) is 0 Å². The minimum absolute atomic E-state index is 0.917. The fourth-order valence-corrected chi connectivity index (χ4v) is 4.77. The predicted octanol–water partition coefficient (Wildman–Crippen LogP) is 3.61. The SMILES string of the molecule is C=CCN1C2CCCCC2C2CCCCC21. The first-order valence-electron chi connectivity index (χ1n) is 7.28. The summed E-state index contributed by atoms with van der Waals surface area (Å²) in [4.78, 5) is 2.82. The Kier molecular flexibility index (Phi) is 3.06. The highest BCUT2D eigenvalue weighted by molar-refractivity contribution is 5.03. The van der Waals surface area contributed by atoms with Crippen molar-refractivity contribution in [3.63, 3.8) is 0 Å². The summed E-state index contributed by atoms with van der Waals surface area (Å²) in [6.45, 7) is 5.10. The fraction of sp³-hybridized carbons (Fsp3) is 0.867. The van der Waals surface area contributed by atoms with Gasteiger partial charge >= 0.3 is 0 Å². The molecule has 1 nitrogen and oxygen atoms in total. The Morgan fingerprint density at radius 1 is 0.875 bits per heavy atom. The molecule has 0 aromatic rings. The molecule has 0 N–H and O–H groups in total. The maximum atomic E-state index is 3.96. The maximum absolute atomic E-state index is 3.96. The molecule has 90 valence electrons. The van der Waals surface area contributed by atoms with E-state index in [2.05, 4.69) is 17.6 Å². The minimum atomic E-state index is 0.917. The lowest BCUT2D eigenvalue weighted by Gasteiger charge is -2.33. The van der Waals surface area contributed by atoms with Crippen molar-refractivity contribution in [2.45, 2.75) is 63.5 Å². The van der Waals surface area contributed by atoms with Gasteiger partial charge in [-0.05, 0) is 37.5 Å². The van der Waals surface area contributed by atoms with E-state index < -0.39 is 0 Å². The largest absolute Gasteiger partial charge is 0.293 e. The number of likely N-dealkylation sites (tertiary alicyclic amines) is 1. The van der Waals surface area contributed by atoms with Crippen molar-refractivity contribution >= 4 is 0 Å². The number of nitrogens with zero attached hydrogens (tertiary/aromatic N) is 1. The monoisotopic (exact) mass is 219 g/mol. The van der Waals surface area contributed by atoms with Crippen LogP contribution in [0.5, 0.6) is 0 Å². The normalized spacial score (nSPS) is 43.8. The molecular weight excluding hydrogens is 194 g/mol. The van der Waals surface area contributed by atoms with Crippen LogP contribution in [0.15, 0.2) is 12.7 Å². The fourth-order valence-electron chi connectivity index (χ4n) is 4.77. The zero-order valence-electron chi connectivity index (χ0n) is 10.4. The van der Waals surface area contributed by atoms with Gasteiger partial charge in [-0.3, -0.25) is 4.90 Å². The van der Waals surface area contributed by atoms with Gasteiger partial charge in [0.05, 0.1) is 0 Å². The van der Waals surface area contributed by atoms with Gasteiger partial charge in [0.15, 0.2) is 0 Å². The van der Waals surface area contributed by atoms with Crippen molar-refractivity contribution in [2.75, 3.05) is 6.54 Å². The molecule has 16 heavy (non-hydrogen) atoms. The van der Waals surface area contributed by atoms with E-state index in [4.69, 9.17) is 0 Å². The third-order valence-electron chi connectivity index (χ3n) is 5.30. The molecule has 3 aliphatic rings. The minimum Gasteiger partial charge on any atom is -0.293 e. The van der Waals surface area contributed by atoms with Crippen LogP contribution in [0, 0.1) is 11.8 Å². The third-order valence-corrected chi connectivity index (χ3v) is 5.30. The second kappa shape index (κ2) is 4.52. The van der Waals surface area contributed by atoms with E-state index in [9.17, 15) is 0 Å². The molecule has 2 aliphatic carbocycles. The molecule has 3 fully saturated rings. The zero-order chi connectivity index (χ0) is 11.0. The lowest BCUT2D eigenvalue weighted by atomic mass is 9.73. The quantitative estimate of drug-likeness (QED) is 0.641. The van der Waals surface area contributed by atoms with E-state index in [0.717, 1.165) is 30.5 Å². The summed E-state index contributed by atoms with van der Waals surface area (Å²) in [5.41, 5.74) is 0. The van der Waals surface area contributed by atoms with E-state index in [0.29, 0.717) is 0 Å². The highest BCUT2D eigenvalue weighted by Gasteiger charge is 2.48. The molecule has 4 atom stereocenters. The van der Waals surface area contributed by atoms with Crippen LogP contribution < -0.4 is 0 Å². The van der Waals surface area contributed by atoms with Crippen molar-refractivity contribution in [3.8, 4) is 0 Å². The lowest BCUT2D eigenvalue weighted by Crippen LogP contribution is -2.39. The van der Waals surface area contributed by atoms with Gasteiger partial charge in [0.25, 0.3) is 0 Å². The zero-order valence-corrected chi connectivity index (χ0v) is 10.4.